The lowest BCUT2D eigenvalue weighted by molar-refractivity contribution is 0.0861. The Kier molecular flexibility index (Phi) is 3.61. The van der Waals surface area contributed by atoms with Gasteiger partial charge in [-0.25, -0.2) is 4.98 Å². The van der Waals surface area contributed by atoms with Crippen molar-refractivity contribution in [2.75, 3.05) is 6.61 Å². The molecule has 120 valence electrons. The Morgan fingerprint density at radius 2 is 2.22 bits per heavy atom. The van der Waals surface area contributed by atoms with Gasteiger partial charge in [-0.05, 0) is 43.2 Å². The van der Waals surface area contributed by atoms with Gasteiger partial charge in [0.15, 0.2) is 5.82 Å². The van der Waals surface area contributed by atoms with Gasteiger partial charge in [0.05, 0.1) is 0 Å². The van der Waals surface area contributed by atoms with E-state index >= 15 is 0 Å². The van der Waals surface area contributed by atoms with Gasteiger partial charge in [-0.1, -0.05) is 12.1 Å². The van der Waals surface area contributed by atoms with E-state index < -0.39 is 0 Å². The van der Waals surface area contributed by atoms with E-state index in [2.05, 4.69) is 20.5 Å². The Morgan fingerprint density at radius 3 is 3.00 bits per heavy atom. The summed E-state index contributed by atoms with van der Waals surface area (Å²) in [5.41, 5.74) is 1.44. The predicted molar refractivity (Wildman–Crippen MR) is 84.5 cm³/mol. The SMILES string of the molecule is O=C(NC1C2CCC(C2)C1CO)c1cccc(-c2ncn[nH]2)c1. The lowest BCUT2D eigenvalue weighted by Crippen LogP contribution is -2.45. The van der Waals surface area contributed by atoms with Gasteiger partial charge in [-0.15, -0.1) is 0 Å². The number of nitrogens with zero attached hydrogens (tertiary/aromatic N) is 2. The monoisotopic (exact) mass is 312 g/mol. The van der Waals surface area contributed by atoms with Gasteiger partial charge >= 0.3 is 0 Å². The minimum absolute atomic E-state index is 0.0811. The normalized spacial score (nSPS) is 28.9. The average Bonchev–Trinajstić information content (AvgIpc) is 3.32. The van der Waals surface area contributed by atoms with Crippen LogP contribution in [0.4, 0.5) is 0 Å². The van der Waals surface area contributed by atoms with Gasteiger partial charge in [-0.3, -0.25) is 9.89 Å². The lowest BCUT2D eigenvalue weighted by atomic mass is 9.85. The van der Waals surface area contributed by atoms with Crippen molar-refractivity contribution in [1.29, 1.82) is 0 Å². The number of aromatic amines is 1. The molecule has 2 saturated carbocycles. The zero-order chi connectivity index (χ0) is 15.8. The maximum absolute atomic E-state index is 12.6. The fourth-order valence-electron chi connectivity index (χ4n) is 4.29. The Morgan fingerprint density at radius 1 is 1.35 bits per heavy atom. The Balaban J connectivity index is 1.52. The van der Waals surface area contributed by atoms with E-state index in [1.165, 1.54) is 12.7 Å². The second-order valence-electron chi connectivity index (χ2n) is 6.59. The first kappa shape index (κ1) is 14.4. The molecule has 4 unspecified atom stereocenters. The molecule has 2 fully saturated rings. The zero-order valence-electron chi connectivity index (χ0n) is 12.8. The number of aliphatic hydroxyl groups excluding tert-OH is 1. The molecule has 1 heterocycles. The molecule has 0 radical (unpaired) electrons. The van der Waals surface area contributed by atoms with Gasteiger partial charge in [0.2, 0.25) is 0 Å². The van der Waals surface area contributed by atoms with Crippen LogP contribution >= 0.6 is 0 Å². The van der Waals surface area contributed by atoms with Crippen molar-refractivity contribution in [3.63, 3.8) is 0 Å². The smallest absolute Gasteiger partial charge is 0.251 e. The summed E-state index contributed by atoms with van der Waals surface area (Å²) in [6, 6.07) is 7.45. The highest BCUT2D eigenvalue weighted by Gasteiger charge is 2.47. The molecule has 6 nitrogen and oxygen atoms in total. The number of hydrogen-bond acceptors (Lipinski definition) is 4. The summed E-state index contributed by atoms with van der Waals surface area (Å²) in [5, 5.41) is 19.4. The van der Waals surface area contributed by atoms with Crippen LogP contribution < -0.4 is 5.32 Å². The van der Waals surface area contributed by atoms with Crippen LogP contribution in [0.15, 0.2) is 30.6 Å². The number of benzene rings is 1. The van der Waals surface area contributed by atoms with Crippen LogP contribution in [0.2, 0.25) is 0 Å². The molecular weight excluding hydrogens is 292 g/mol. The first-order valence-electron chi connectivity index (χ1n) is 8.14. The molecule has 2 bridgehead atoms. The number of nitrogens with one attached hydrogen (secondary N) is 2. The first-order valence-corrected chi connectivity index (χ1v) is 8.14. The van der Waals surface area contributed by atoms with Gasteiger partial charge in [0.1, 0.15) is 6.33 Å². The van der Waals surface area contributed by atoms with Crippen LogP contribution in [0.25, 0.3) is 11.4 Å². The zero-order valence-corrected chi connectivity index (χ0v) is 12.8. The lowest BCUT2D eigenvalue weighted by Gasteiger charge is -2.30. The van der Waals surface area contributed by atoms with Crippen LogP contribution in [-0.2, 0) is 0 Å². The summed E-state index contributed by atoms with van der Waals surface area (Å²) in [5.74, 6) is 1.85. The van der Waals surface area contributed by atoms with Crippen LogP contribution in [0.3, 0.4) is 0 Å². The maximum Gasteiger partial charge on any atom is 0.251 e. The Bertz CT molecular complexity index is 700. The number of hydrogen-bond donors (Lipinski definition) is 3. The van der Waals surface area contributed by atoms with E-state index in [1.54, 1.807) is 6.07 Å². The predicted octanol–water partition coefficient (Wildman–Crippen LogP) is 1.61. The van der Waals surface area contributed by atoms with E-state index in [9.17, 15) is 9.90 Å². The quantitative estimate of drug-likeness (QED) is 0.800. The minimum atomic E-state index is -0.0811. The summed E-state index contributed by atoms with van der Waals surface area (Å²) >= 11 is 0. The summed E-state index contributed by atoms with van der Waals surface area (Å²) < 4.78 is 0. The summed E-state index contributed by atoms with van der Waals surface area (Å²) in [4.78, 5) is 16.7. The first-order chi connectivity index (χ1) is 11.3. The summed E-state index contributed by atoms with van der Waals surface area (Å²) in [7, 11) is 0. The number of carbonyl (C=O) groups is 1. The van der Waals surface area contributed by atoms with Crippen molar-refractivity contribution >= 4 is 5.91 Å². The third kappa shape index (κ3) is 2.53. The minimum Gasteiger partial charge on any atom is -0.396 e. The fraction of sp³-hybridized carbons (Fsp3) is 0.471. The highest BCUT2D eigenvalue weighted by molar-refractivity contribution is 5.95. The number of rotatable bonds is 4. The second kappa shape index (κ2) is 5.77. The maximum atomic E-state index is 12.6. The average molecular weight is 312 g/mol. The van der Waals surface area contributed by atoms with Gasteiger partial charge in [0, 0.05) is 29.7 Å². The van der Waals surface area contributed by atoms with E-state index in [-0.39, 0.29) is 24.5 Å². The number of amides is 1. The van der Waals surface area contributed by atoms with E-state index in [0.29, 0.717) is 23.2 Å². The Labute approximate surface area is 134 Å². The third-order valence-corrected chi connectivity index (χ3v) is 5.41. The summed E-state index contributed by atoms with van der Waals surface area (Å²) in [6.45, 7) is 0.157. The molecule has 1 aromatic heterocycles. The molecule has 1 aromatic carbocycles. The number of fused-ring (bicyclic) bond motifs is 2. The van der Waals surface area contributed by atoms with Crippen molar-refractivity contribution in [3.05, 3.63) is 36.2 Å². The van der Waals surface area contributed by atoms with Crippen molar-refractivity contribution in [2.45, 2.75) is 25.3 Å². The standard InChI is InChI=1S/C17H20N4O2/c22-8-14-10-4-5-11(6-10)15(14)20-17(23)13-3-1-2-12(7-13)16-18-9-19-21-16/h1-3,7,9-11,14-15,22H,4-6,8H2,(H,20,23)(H,18,19,21). The van der Waals surface area contributed by atoms with Crippen LogP contribution in [-0.4, -0.2) is 38.8 Å². The fourth-order valence-corrected chi connectivity index (χ4v) is 4.29. The van der Waals surface area contributed by atoms with Crippen LogP contribution in [0.5, 0.6) is 0 Å². The highest BCUT2D eigenvalue weighted by atomic mass is 16.3. The Hall–Kier alpha value is -2.21. The molecule has 2 aliphatic rings. The topological polar surface area (TPSA) is 90.9 Å². The van der Waals surface area contributed by atoms with E-state index in [4.69, 9.17) is 0 Å². The van der Waals surface area contributed by atoms with Crippen molar-refractivity contribution in [1.82, 2.24) is 20.5 Å². The summed E-state index contributed by atoms with van der Waals surface area (Å²) in [6.07, 6.45) is 4.92. The molecular formula is C17H20N4O2. The number of H-pyrrole nitrogens is 1. The van der Waals surface area contributed by atoms with Crippen LogP contribution in [0.1, 0.15) is 29.6 Å². The molecule has 0 spiro atoms. The second-order valence-corrected chi connectivity index (χ2v) is 6.59. The number of carbonyl (C=O) groups excluding carboxylic acids is 1. The van der Waals surface area contributed by atoms with Gasteiger partial charge in [0.25, 0.3) is 5.91 Å². The number of aromatic nitrogens is 3. The van der Waals surface area contributed by atoms with Gasteiger partial charge in [-0.2, -0.15) is 5.10 Å². The molecule has 3 N–H and O–H groups in total. The molecule has 4 atom stereocenters. The molecule has 1 amide bonds. The molecule has 0 saturated heterocycles. The molecule has 6 heteroatoms. The van der Waals surface area contributed by atoms with E-state index in [0.717, 1.165) is 18.4 Å². The van der Waals surface area contributed by atoms with Crippen LogP contribution in [0, 0.1) is 17.8 Å². The third-order valence-electron chi connectivity index (χ3n) is 5.41. The molecule has 2 aliphatic carbocycles. The van der Waals surface area contributed by atoms with Crippen molar-refractivity contribution in [2.24, 2.45) is 17.8 Å². The largest absolute Gasteiger partial charge is 0.396 e. The molecule has 2 aromatic rings. The molecule has 0 aliphatic heterocycles. The van der Waals surface area contributed by atoms with Crippen molar-refractivity contribution < 1.29 is 9.90 Å². The number of aliphatic hydroxyl groups is 1. The van der Waals surface area contributed by atoms with Gasteiger partial charge < -0.3 is 10.4 Å². The molecule has 4 rings (SSSR count). The van der Waals surface area contributed by atoms with E-state index in [1.807, 2.05) is 18.2 Å². The molecule has 23 heavy (non-hydrogen) atoms. The highest BCUT2D eigenvalue weighted by Crippen LogP contribution is 2.48. The van der Waals surface area contributed by atoms with Crippen molar-refractivity contribution in [3.8, 4) is 11.4 Å².